The van der Waals surface area contributed by atoms with E-state index in [4.69, 9.17) is 4.74 Å². The molecule has 0 saturated carbocycles. The highest BCUT2D eigenvalue weighted by Crippen LogP contribution is 2.08. The number of hydrogen-bond acceptors (Lipinski definition) is 2. The van der Waals surface area contributed by atoms with Crippen LogP contribution >= 0.6 is 0 Å². The third-order valence-corrected chi connectivity index (χ3v) is 2.66. The fourth-order valence-electron chi connectivity index (χ4n) is 1.52. The van der Waals surface area contributed by atoms with Gasteiger partial charge in [-0.25, -0.2) is 4.79 Å². The quantitative estimate of drug-likeness (QED) is 0.661. The van der Waals surface area contributed by atoms with Crippen molar-refractivity contribution in [1.29, 1.82) is 0 Å². The highest BCUT2D eigenvalue weighted by molar-refractivity contribution is 5.67. The Kier molecular flexibility index (Phi) is 5.64. The Labute approximate surface area is 121 Å². The summed E-state index contributed by atoms with van der Waals surface area (Å²) >= 11 is 0. The molecule has 0 heterocycles. The van der Waals surface area contributed by atoms with E-state index in [9.17, 15) is 4.79 Å². The van der Waals surface area contributed by atoms with Crippen molar-refractivity contribution in [3.63, 3.8) is 0 Å². The maximum Gasteiger partial charge on any atom is 0.407 e. The number of amides is 1. The molecule has 0 spiro atoms. The molecule has 0 aliphatic heterocycles. The first-order valence-corrected chi connectivity index (χ1v) is 6.81. The van der Waals surface area contributed by atoms with Crippen molar-refractivity contribution in [2.24, 2.45) is 0 Å². The fraction of sp³-hybridized carbons (Fsp3) is 0.471. The number of nitrogens with one attached hydrogen (secondary N) is 1. The van der Waals surface area contributed by atoms with Gasteiger partial charge in [-0.3, -0.25) is 0 Å². The topological polar surface area (TPSA) is 38.3 Å². The van der Waals surface area contributed by atoms with Gasteiger partial charge in [0.1, 0.15) is 5.60 Å². The van der Waals surface area contributed by atoms with E-state index in [1.807, 2.05) is 26.8 Å². The second-order valence-corrected chi connectivity index (χ2v) is 5.78. The van der Waals surface area contributed by atoms with Crippen molar-refractivity contribution in [3.8, 4) is 11.8 Å². The highest BCUT2D eigenvalue weighted by Gasteiger charge is 2.15. The van der Waals surface area contributed by atoms with E-state index >= 15 is 0 Å². The first-order chi connectivity index (χ1) is 9.28. The monoisotopic (exact) mass is 273 g/mol. The van der Waals surface area contributed by atoms with Crippen LogP contribution in [0.15, 0.2) is 18.2 Å². The van der Waals surface area contributed by atoms with Crippen LogP contribution in [0.2, 0.25) is 0 Å². The Morgan fingerprint density at radius 3 is 2.55 bits per heavy atom. The van der Waals surface area contributed by atoms with Crippen LogP contribution in [0.1, 0.15) is 43.9 Å². The van der Waals surface area contributed by atoms with Crippen molar-refractivity contribution in [2.45, 2.75) is 46.6 Å². The van der Waals surface area contributed by atoms with Gasteiger partial charge in [0.25, 0.3) is 0 Å². The molecule has 3 heteroatoms. The van der Waals surface area contributed by atoms with Gasteiger partial charge in [0.2, 0.25) is 0 Å². The van der Waals surface area contributed by atoms with Crippen LogP contribution in [0.3, 0.4) is 0 Å². The van der Waals surface area contributed by atoms with Crippen LogP contribution in [0.25, 0.3) is 0 Å². The minimum atomic E-state index is -0.463. The maximum absolute atomic E-state index is 11.4. The van der Waals surface area contributed by atoms with Gasteiger partial charge < -0.3 is 10.1 Å². The van der Waals surface area contributed by atoms with Crippen LogP contribution in [-0.2, 0) is 4.74 Å². The second-order valence-electron chi connectivity index (χ2n) is 5.78. The SMILES string of the molecule is Cc1ccc(C#CCCNC(=O)OC(C)(C)C)cc1C. The van der Waals surface area contributed by atoms with Gasteiger partial charge in [0, 0.05) is 18.5 Å². The molecule has 0 atom stereocenters. The summed E-state index contributed by atoms with van der Waals surface area (Å²) < 4.78 is 5.13. The van der Waals surface area contributed by atoms with Crippen molar-refractivity contribution in [1.82, 2.24) is 5.32 Å². The van der Waals surface area contributed by atoms with E-state index < -0.39 is 11.7 Å². The molecule has 1 aromatic rings. The van der Waals surface area contributed by atoms with Crippen LogP contribution in [0.5, 0.6) is 0 Å². The Morgan fingerprint density at radius 1 is 1.25 bits per heavy atom. The molecule has 0 fully saturated rings. The number of carbonyl (C=O) groups excluding carboxylic acids is 1. The molecule has 108 valence electrons. The number of aryl methyl sites for hydroxylation is 2. The summed E-state index contributed by atoms with van der Waals surface area (Å²) in [5.74, 6) is 6.14. The largest absolute Gasteiger partial charge is 0.444 e. The molecule has 1 rings (SSSR count). The summed E-state index contributed by atoms with van der Waals surface area (Å²) in [5.41, 5.74) is 3.05. The van der Waals surface area contributed by atoms with E-state index in [0.717, 1.165) is 5.56 Å². The Balaban J connectivity index is 2.36. The van der Waals surface area contributed by atoms with Crippen LogP contribution in [0.4, 0.5) is 4.79 Å². The minimum Gasteiger partial charge on any atom is -0.444 e. The molecular weight excluding hydrogens is 250 g/mol. The molecule has 0 bridgehead atoms. The second kappa shape index (κ2) is 7.00. The molecule has 1 aromatic carbocycles. The van der Waals surface area contributed by atoms with E-state index in [0.29, 0.717) is 13.0 Å². The molecule has 20 heavy (non-hydrogen) atoms. The van der Waals surface area contributed by atoms with Gasteiger partial charge >= 0.3 is 6.09 Å². The van der Waals surface area contributed by atoms with Crippen molar-refractivity contribution in [3.05, 3.63) is 34.9 Å². The number of benzene rings is 1. The van der Waals surface area contributed by atoms with Gasteiger partial charge in [-0.2, -0.15) is 0 Å². The van der Waals surface area contributed by atoms with Crippen LogP contribution in [-0.4, -0.2) is 18.2 Å². The van der Waals surface area contributed by atoms with Gasteiger partial charge in [0.05, 0.1) is 0 Å². The lowest BCUT2D eigenvalue weighted by Gasteiger charge is -2.19. The minimum absolute atomic E-state index is 0.398. The van der Waals surface area contributed by atoms with Gasteiger partial charge in [-0.1, -0.05) is 17.9 Å². The summed E-state index contributed by atoms with van der Waals surface area (Å²) in [6.45, 7) is 10.2. The average Bonchev–Trinajstić information content (AvgIpc) is 2.31. The molecule has 0 unspecified atom stereocenters. The lowest BCUT2D eigenvalue weighted by molar-refractivity contribution is 0.0529. The molecule has 0 aliphatic rings. The molecule has 3 nitrogen and oxygen atoms in total. The summed E-state index contributed by atoms with van der Waals surface area (Å²) in [6, 6.07) is 6.15. The average molecular weight is 273 g/mol. The van der Waals surface area contributed by atoms with E-state index in [-0.39, 0.29) is 0 Å². The van der Waals surface area contributed by atoms with Crippen molar-refractivity contribution < 1.29 is 9.53 Å². The number of hydrogen-bond donors (Lipinski definition) is 1. The zero-order valence-corrected chi connectivity index (χ0v) is 13.0. The number of rotatable bonds is 2. The molecule has 0 saturated heterocycles. The molecule has 0 aliphatic carbocycles. The molecule has 0 aromatic heterocycles. The third-order valence-electron chi connectivity index (χ3n) is 2.66. The first kappa shape index (κ1) is 16.1. The van der Waals surface area contributed by atoms with Gasteiger partial charge in [-0.05, 0) is 57.9 Å². The lowest BCUT2D eigenvalue weighted by Crippen LogP contribution is -2.32. The summed E-state index contributed by atoms with van der Waals surface area (Å²) in [7, 11) is 0. The predicted molar refractivity (Wildman–Crippen MR) is 81.6 cm³/mol. The van der Waals surface area contributed by atoms with E-state index in [2.05, 4.69) is 43.1 Å². The lowest BCUT2D eigenvalue weighted by atomic mass is 10.1. The standard InChI is InChI=1S/C17H23NO2/c1-13-9-10-15(12-14(13)2)8-6-7-11-18-16(19)20-17(3,4)5/h9-10,12H,7,11H2,1-5H3,(H,18,19). The van der Waals surface area contributed by atoms with E-state index in [1.165, 1.54) is 11.1 Å². The number of ether oxygens (including phenoxy) is 1. The molecule has 1 amide bonds. The Hall–Kier alpha value is -1.95. The first-order valence-electron chi connectivity index (χ1n) is 6.81. The molecule has 1 N–H and O–H groups in total. The predicted octanol–water partition coefficient (Wildman–Crippen LogP) is 3.57. The summed E-state index contributed by atoms with van der Waals surface area (Å²) in [5, 5.41) is 2.68. The van der Waals surface area contributed by atoms with Crippen LogP contribution in [0, 0.1) is 25.7 Å². The highest BCUT2D eigenvalue weighted by atomic mass is 16.6. The number of carbonyl (C=O) groups is 1. The van der Waals surface area contributed by atoms with Crippen molar-refractivity contribution in [2.75, 3.05) is 6.54 Å². The Morgan fingerprint density at radius 2 is 1.95 bits per heavy atom. The van der Waals surface area contributed by atoms with Crippen LogP contribution < -0.4 is 5.32 Å². The maximum atomic E-state index is 11.4. The zero-order valence-electron chi connectivity index (χ0n) is 13.0. The van der Waals surface area contributed by atoms with Gasteiger partial charge in [0.15, 0.2) is 0 Å². The third kappa shape index (κ3) is 6.29. The summed E-state index contributed by atoms with van der Waals surface area (Å²) in [4.78, 5) is 11.4. The Bertz CT molecular complexity index is 530. The normalized spacial score (nSPS) is 10.4. The smallest absolute Gasteiger partial charge is 0.407 e. The zero-order chi connectivity index (χ0) is 15.2. The van der Waals surface area contributed by atoms with Crippen molar-refractivity contribution >= 4 is 6.09 Å². The molecular formula is C17H23NO2. The fourth-order valence-corrected chi connectivity index (χ4v) is 1.52. The molecule has 0 radical (unpaired) electrons. The van der Waals surface area contributed by atoms with E-state index in [1.54, 1.807) is 0 Å². The number of alkyl carbamates (subject to hydrolysis) is 1. The summed E-state index contributed by atoms with van der Waals surface area (Å²) in [6.07, 6.45) is 0.206. The van der Waals surface area contributed by atoms with Gasteiger partial charge in [-0.15, -0.1) is 0 Å².